The van der Waals surface area contributed by atoms with Crippen LogP contribution < -0.4 is 5.32 Å². The van der Waals surface area contributed by atoms with Gasteiger partial charge in [0.1, 0.15) is 0 Å². The predicted octanol–water partition coefficient (Wildman–Crippen LogP) is -0.256. The number of hydrogen-bond donors (Lipinski definition) is 1. The molecule has 2 saturated heterocycles. The maximum atomic E-state index is 11.1. The molecule has 0 unspecified atom stereocenters. The molecule has 0 aromatic heterocycles. The number of nitrogens with one attached hydrogen (secondary N) is 1. The number of fused-ring (bicyclic) bond motifs is 1. The third-order valence-corrected chi connectivity index (χ3v) is 2.15. The molecule has 1 N–H and O–H groups in total. The Morgan fingerprint density at radius 1 is 1.40 bits per heavy atom. The van der Waals surface area contributed by atoms with E-state index < -0.39 is 0 Å². The summed E-state index contributed by atoms with van der Waals surface area (Å²) >= 11 is 0. The van der Waals surface area contributed by atoms with Crippen LogP contribution in [0.15, 0.2) is 0 Å². The monoisotopic (exact) mass is 139 g/mol. The third-order valence-electron chi connectivity index (χ3n) is 2.15. The van der Waals surface area contributed by atoms with E-state index in [-0.39, 0.29) is 0 Å². The molecule has 1 radical (unpaired) electrons. The lowest BCUT2D eigenvalue weighted by atomic mass is 10.2. The fraction of sp³-hybridized carbons (Fsp3) is 0.714. The molecule has 3 nitrogen and oxygen atoms in total. The van der Waals surface area contributed by atoms with Gasteiger partial charge in [-0.25, -0.2) is 0 Å². The number of nitrogens with zero attached hydrogens (tertiary/aromatic N) is 1. The Kier molecular flexibility index (Phi) is 1.38. The predicted molar refractivity (Wildman–Crippen MR) is 37.1 cm³/mol. The Bertz CT molecular complexity index is 158. The summed E-state index contributed by atoms with van der Waals surface area (Å²) in [5.41, 5.74) is 0. The minimum absolute atomic E-state index is 0.316. The molecule has 2 heterocycles. The van der Waals surface area contributed by atoms with Crippen molar-refractivity contribution in [3.8, 4) is 0 Å². The molecule has 2 aliphatic rings. The number of carbonyl (C=O) groups excluding carboxylic acids is 1. The van der Waals surface area contributed by atoms with Crippen molar-refractivity contribution in [2.24, 2.45) is 0 Å². The quantitative estimate of drug-likeness (QED) is 0.501. The van der Waals surface area contributed by atoms with E-state index in [1.807, 2.05) is 4.90 Å². The van der Waals surface area contributed by atoms with Crippen LogP contribution in [0.3, 0.4) is 0 Å². The molecule has 55 valence electrons. The molecular formula is C7H11N2O. The lowest BCUT2D eigenvalue weighted by molar-refractivity contribution is -0.127. The van der Waals surface area contributed by atoms with E-state index in [2.05, 4.69) is 5.32 Å². The number of hydrogen-bond acceptors (Lipinski definition) is 2. The largest absolute Gasteiger partial charge is 0.332 e. The van der Waals surface area contributed by atoms with Crippen LogP contribution in [-0.4, -0.2) is 30.4 Å². The van der Waals surface area contributed by atoms with Gasteiger partial charge in [0.25, 0.3) is 0 Å². The molecule has 0 aromatic carbocycles. The van der Waals surface area contributed by atoms with Crippen molar-refractivity contribution < 1.29 is 4.79 Å². The van der Waals surface area contributed by atoms with Gasteiger partial charge in [-0.05, 0) is 6.42 Å². The van der Waals surface area contributed by atoms with E-state index >= 15 is 0 Å². The van der Waals surface area contributed by atoms with Gasteiger partial charge in [0.2, 0.25) is 5.91 Å². The van der Waals surface area contributed by atoms with E-state index in [0.29, 0.717) is 5.91 Å². The molecule has 2 fully saturated rings. The van der Waals surface area contributed by atoms with Crippen LogP contribution in [0.1, 0.15) is 12.8 Å². The van der Waals surface area contributed by atoms with Gasteiger partial charge in [0, 0.05) is 26.1 Å². The number of piperazine rings is 1. The van der Waals surface area contributed by atoms with Crippen molar-refractivity contribution in [2.75, 3.05) is 19.6 Å². The van der Waals surface area contributed by atoms with Crippen LogP contribution in [-0.2, 0) is 4.79 Å². The average Bonchev–Trinajstić information content (AvgIpc) is 2.34. The highest BCUT2D eigenvalue weighted by Gasteiger charge is 2.32. The second-order valence-corrected chi connectivity index (χ2v) is 2.79. The van der Waals surface area contributed by atoms with Crippen LogP contribution >= 0.6 is 0 Å². The molecule has 0 bridgehead atoms. The zero-order valence-electron chi connectivity index (χ0n) is 5.89. The Morgan fingerprint density at radius 3 is 3.10 bits per heavy atom. The molecule has 0 atom stereocenters. The van der Waals surface area contributed by atoms with E-state index in [1.165, 1.54) is 6.04 Å². The average molecular weight is 139 g/mol. The van der Waals surface area contributed by atoms with Gasteiger partial charge in [0.05, 0.1) is 6.04 Å². The smallest absolute Gasteiger partial charge is 0.223 e. The lowest BCUT2D eigenvalue weighted by Gasteiger charge is -2.29. The molecule has 0 aliphatic carbocycles. The van der Waals surface area contributed by atoms with Gasteiger partial charge in [-0.1, -0.05) is 0 Å². The topological polar surface area (TPSA) is 32.3 Å². The van der Waals surface area contributed by atoms with Crippen molar-refractivity contribution >= 4 is 5.91 Å². The van der Waals surface area contributed by atoms with E-state index in [4.69, 9.17) is 0 Å². The van der Waals surface area contributed by atoms with Crippen molar-refractivity contribution in [3.63, 3.8) is 0 Å². The highest BCUT2D eigenvalue weighted by Crippen LogP contribution is 2.25. The molecule has 0 saturated carbocycles. The first kappa shape index (κ1) is 6.16. The molecule has 3 heteroatoms. The number of carbonyl (C=O) groups is 1. The summed E-state index contributed by atoms with van der Waals surface area (Å²) < 4.78 is 0. The van der Waals surface area contributed by atoms with Gasteiger partial charge < -0.3 is 10.2 Å². The highest BCUT2D eigenvalue weighted by atomic mass is 16.2. The second-order valence-electron chi connectivity index (χ2n) is 2.79. The Hall–Kier alpha value is -0.570. The molecule has 0 aromatic rings. The Balaban J connectivity index is 2.08. The van der Waals surface area contributed by atoms with E-state index in [0.717, 1.165) is 32.5 Å². The van der Waals surface area contributed by atoms with Gasteiger partial charge in [-0.3, -0.25) is 4.79 Å². The summed E-state index contributed by atoms with van der Waals surface area (Å²) in [6, 6.07) is 1.29. The summed E-state index contributed by atoms with van der Waals surface area (Å²) in [6.45, 7) is 2.76. The van der Waals surface area contributed by atoms with E-state index in [1.54, 1.807) is 0 Å². The zero-order valence-corrected chi connectivity index (χ0v) is 5.89. The third kappa shape index (κ3) is 0.814. The highest BCUT2D eigenvalue weighted by molar-refractivity contribution is 5.80. The molecule has 0 spiro atoms. The van der Waals surface area contributed by atoms with Gasteiger partial charge >= 0.3 is 0 Å². The molecule has 2 aliphatic heterocycles. The number of amides is 1. The van der Waals surface area contributed by atoms with Crippen molar-refractivity contribution in [2.45, 2.75) is 12.8 Å². The summed E-state index contributed by atoms with van der Waals surface area (Å²) in [5, 5.41) is 3.25. The summed E-state index contributed by atoms with van der Waals surface area (Å²) in [7, 11) is 0. The summed E-state index contributed by atoms with van der Waals surface area (Å²) in [6.07, 6.45) is 1.71. The number of rotatable bonds is 0. The summed E-state index contributed by atoms with van der Waals surface area (Å²) in [5.74, 6) is 0.316. The van der Waals surface area contributed by atoms with Gasteiger partial charge in [-0.2, -0.15) is 0 Å². The minimum Gasteiger partial charge on any atom is -0.332 e. The van der Waals surface area contributed by atoms with Crippen LogP contribution in [0.5, 0.6) is 0 Å². The van der Waals surface area contributed by atoms with Crippen molar-refractivity contribution in [3.05, 3.63) is 6.04 Å². The fourth-order valence-electron chi connectivity index (χ4n) is 1.59. The maximum absolute atomic E-state index is 11.1. The van der Waals surface area contributed by atoms with Crippen LogP contribution in [0, 0.1) is 6.04 Å². The molecule has 10 heavy (non-hydrogen) atoms. The SMILES string of the molecule is O=C1CC[C]2CNCCN21. The van der Waals surface area contributed by atoms with Crippen LogP contribution in [0.2, 0.25) is 0 Å². The lowest BCUT2D eigenvalue weighted by Crippen LogP contribution is -2.44. The maximum Gasteiger partial charge on any atom is 0.223 e. The molecule has 2 rings (SSSR count). The minimum atomic E-state index is 0.316. The standard InChI is InChI=1S/C7H11N2O/c10-7-2-1-6-5-8-3-4-9(6)7/h8H,1-5H2. The fourth-order valence-corrected chi connectivity index (χ4v) is 1.59. The van der Waals surface area contributed by atoms with Gasteiger partial charge in [0.15, 0.2) is 0 Å². The van der Waals surface area contributed by atoms with E-state index in [9.17, 15) is 4.79 Å². The molecular weight excluding hydrogens is 128 g/mol. The first-order valence-corrected chi connectivity index (χ1v) is 3.74. The van der Waals surface area contributed by atoms with Gasteiger partial charge in [-0.15, -0.1) is 0 Å². The van der Waals surface area contributed by atoms with Crippen LogP contribution in [0.4, 0.5) is 0 Å². The first-order valence-electron chi connectivity index (χ1n) is 3.74. The summed E-state index contributed by atoms with van der Waals surface area (Å²) in [4.78, 5) is 13.0. The first-order chi connectivity index (χ1) is 4.88. The normalized spacial score (nSPS) is 27.2. The van der Waals surface area contributed by atoms with Crippen molar-refractivity contribution in [1.82, 2.24) is 10.2 Å². The zero-order chi connectivity index (χ0) is 6.97. The molecule has 1 amide bonds. The Morgan fingerprint density at radius 2 is 2.30 bits per heavy atom. The van der Waals surface area contributed by atoms with Crippen LogP contribution in [0.25, 0.3) is 0 Å². The second kappa shape index (κ2) is 2.23. The Labute approximate surface area is 60.4 Å². The van der Waals surface area contributed by atoms with Crippen molar-refractivity contribution in [1.29, 1.82) is 0 Å².